The van der Waals surface area contributed by atoms with Crippen molar-refractivity contribution in [2.24, 2.45) is 0 Å². The Balaban J connectivity index is 2.19. The molecule has 0 amide bonds. The summed E-state index contributed by atoms with van der Waals surface area (Å²) in [6.07, 6.45) is 1.21. The molecule has 7 heteroatoms. The van der Waals surface area contributed by atoms with Gasteiger partial charge in [0.25, 0.3) is 0 Å². The quantitative estimate of drug-likeness (QED) is 0.792. The number of imidazole rings is 1. The summed E-state index contributed by atoms with van der Waals surface area (Å²) < 4.78 is 24.5. The highest BCUT2D eigenvalue weighted by molar-refractivity contribution is 7.90. The number of pyridine rings is 1. The molecule has 6 nitrogen and oxygen atoms in total. The van der Waals surface area contributed by atoms with Crippen molar-refractivity contribution in [3.63, 3.8) is 0 Å². The van der Waals surface area contributed by atoms with Gasteiger partial charge in [-0.25, -0.2) is 13.4 Å². The van der Waals surface area contributed by atoms with Crippen molar-refractivity contribution in [3.05, 3.63) is 41.5 Å². The Morgan fingerprint density at radius 3 is 2.78 bits per heavy atom. The molecule has 0 saturated carbocycles. The van der Waals surface area contributed by atoms with Crippen molar-refractivity contribution in [2.75, 3.05) is 23.9 Å². The number of nitrogens with zero attached hydrogens (tertiary/aromatic N) is 3. The van der Waals surface area contributed by atoms with E-state index in [-0.39, 0.29) is 5.75 Å². The minimum Gasteiger partial charge on any atom is -0.370 e. The summed E-state index contributed by atoms with van der Waals surface area (Å²) in [5.41, 5.74) is 3.57. The first-order valence-electron chi connectivity index (χ1n) is 7.13. The van der Waals surface area contributed by atoms with Crippen LogP contribution in [0, 0.1) is 18.3 Å². The number of sulfone groups is 1. The maximum Gasteiger partial charge on any atom is 0.157 e. The minimum absolute atomic E-state index is 0.0418. The summed E-state index contributed by atoms with van der Waals surface area (Å²) in [6.45, 7) is 2.14. The fourth-order valence-electron chi connectivity index (χ4n) is 2.59. The molecule has 0 spiro atoms. The van der Waals surface area contributed by atoms with E-state index in [0.717, 1.165) is 22.4 Å². The van der Waals surface area contributed by atoms with Crippen molar-refractivity contribution in [1.82, 2.24) is 9.38 Å². The van der Waals surface area contributed by atoms with Gasteiger partial charge in [0, 0.05) is 12.8 Å². The van der Waals surface area contributed by atoms with E-state index in [1.807, 2.05) is 41.7 Å². The first kappa shape index (κ1) is 15.3. The number of rotatable bonds is 4. The molecular weight excluding hydrogens is 312 g/mol. The smallest absolute Gasteiger partial charge is 0.157 e. The van der Waals surface area contributed by atoms with Crippen molar-refractivity contribution < 1.29 is 8.42 Å². The van der Waals surface area contributed by atoms with Crippen LogP contribution in [-0.2, 0) is 9.84 Å². The summed E-state index contributed by atoms with van der Waals surface area (Å²) in [5.74, 6) is 0.772. The van der Waals surface area contributed by atoms with E-state index >= 15 is 0 Å². The van der Waals surface area contributed by atoms with Crippen molar-refractivity contribution in [3.8, 4) is 6.07 Å². The molecule has 1 aromatic carbocycles. The molecule has 0 atom stereocenters. The average Bonchev–Trinajstić information content (AvgIpc) is 2.85. The second-order valence-electron chi connectivity index (χ2n) is 5.52. The zero-order chi connectivity index (χ0) is 16.6. The van der Waals surface area contributed by atoms with Crippen molar-refractivity contribution in [2.45, 2.75) is 6.92 Å². The van der Waals surface area contributed by atoms with Gasteiger partial charge < -0.3 is 5.32 Å². The second kappa shape index (κ2) is 5.56. The SMILES string of the molecule is Cc1cc(NCCS(C)(=O)=O)n2c(nc3ccccc32)c1C#N. The zero-order valence-electron chi connectivity index (χ0n) is 12.9. The summed E-state index contributed by atoms with van der Waals surface area (Å²) >= 11 is 0. The Labute approximate surface area is 134 Å². The van der Waals surface area contributed by atoms with Gasteiger partial charge in [0.15, 0.2) is 5.65 Å². The number of aryl methyl sites for hydroxylation is 1. The number of fused-ring (bicyclic) bond motifs is 3. The summed E-state index contributed by atoms with van der Waals surface area (Å²) in [7, 11) is -3.04. The van der Waals surface area contributed by atoms with Crippen LogP contribution in [-0.4, -0.2) is 36.4 Å². The largest absolute Gasteiger partial charge is 0.370 e. The molecule has 0 bridgehead atoms. The number of hydrogen-bond donors (Lipinski definition) is 1. The van der Waals surface area contributed by atoms with E-state index in [9.17, 15) is 13.7 Å². The van der Waals surface area contributed by atoms with Gasteiger partial charge >= 0.3 is 0 Å². The highest BCUT2D eigenvalue weighted by Gasteiger charge is 2.15. The molecule has 3 rings (SSSR count). The molecule has 0 saturated heterocycles. The number of anilines is 1. The zero-order valence-corrected chi connectivity index (χ0v) is 13.7. The van der Waals surface area contributed by atoms with Crippen LogP contribution < -0.4 is 5.32 Å². The Morgan fingerprint density at radius 2 is 2.09 bits per heavy atom. The van der Waals surface area contributed by atoms with Crippen molar-refractivity contribution >= 4 is 32.3 Å². The highest BCUT2D eigenvalue weighted by Crippen LogP contribution is 2.26. The van der Waals surface area contributed by atoms with Gasteiger partial charge in [-0.3, -0.25) is 4.40 Å². The minimum atomic E-state index is -3.04. The molecule has 3 aromatic rings. The molecule has 0 aliphatic heterocycles. The van der Waals surface area contributed by atoms with E-state index in [1.54, 1.807) is 0 Å². The van der Waals surface area contributed by atoms with Crippen LogP contribution >= 0.6 is 0 Å². The number of aromatic nitrogens is 2. The summed E-state index contributed by atoms with van der Waals surface area (Å²) in [5, 5.41) is 12.6. The van der Waals surface area contributed by atoms with Crippen LogP contribution in [0.5, 0.6) is 0 Å². The van der Waals surface area contributed by atoms with Crippen LogP contribution in [0.3, 0.4) is 0 Å². The topological polar surface area (TPSA) is 87.3 Å². The first-order valence-corrected chi connectivity index (χ1v) is 9.19. The van der Waals surface area contributed by atoms with Crippen LogP contribution in [0.1, 0.15) is 11.1 Å². The Kier molecular flexibility index (Phi) is 3.70. The number of benzene rings is 1. The van der Waals surface area contributed by atoms with Gasteiger partial charge in [-0.15, -0.1) is 0 Å². The molecular formula is C16H16N4O2S. The fourth-order valence-corrected chi connectivity index (χ4v) is 3.06. The van der Waals surface area contributed by atoms with Crippen LogP contribution in [0.15, 0.2) is 30.3 Å². The fraction of sp³-hybridized carbons (Fsp3) is 0.250. The first-order chi connectivity index (χ1) is 10.9. The van der Waals surface area contributed by atoms with E-state index in [2.05, 4.69) is 16.4 Å². The van der Waals surface area contributed by atoms with Gasteiger partial charge in [0.2, 0.25) is 0 Å². The van der Waals surface area contributed by atoms with E-state index < -0.39 is 9.84 Å². The standard InChI is InChI=1S/C16H16N4O2S/c1-11-9-15(18-7-8-23(2,21)22)20-14-6-4-3-5-13(14)19-16(20)12(11)10-17/h3-6,9,18H,7-8H2,1-2H3. The van der Waals surface area contributed by atoms with E-state index in [1.165, 1.54) is 6.26 Å². The summed E-state index contributed by atoms with van der Waals surface area (Å²) in [4.78, 5) is 4.55. The number of nitriles is 1. The third kappa shape index (κ3) is 2.85. The lowest BCUT2D eigenvalue weighted by Gasteiger charge is -2.12. The van der Waals surface area contributed by atoms with Gasteiger partial charge in [-0.2, -0.15) is 5.26 Å². The normalized spacial score (nSPS) is 11.7. The molecule has 2 heterocycles. The third-order valence-corrected chi connectivity index (χ3v) is 4.61. The van der Waals surface area contributed by atoms with Gasteiger partial charge in [0.05, 0.1) is 22.3 Å². The maximum atomic E-state index is 11.3. The average molecular weight is 328 g/mol. The molecule has 0 aliphatic carbocycles. The van der Waals surface area contributed by atoms with E-state index in [0.29, 0.717) is 17.8 Å². The maximum absolute atomic E-state index is 11.3. The van der Waals surface area contributed by atoms with Gasteiger partial charge in [-0.1, -0.05) is 12.1 Å². The van der Waals surface area contributed by atoms with Crippen LogP contribution in [0.2, 0.25) is 0 Å². The van der Waals surface area contributed by atoms with E-state index in [4.69, 9.17) is 0 Å². The summed E-state index contributed by atoms with van der Waals surface area (Å²) in [6, 6.07) is 11.7. The monoisotopic (exact) mass is 328 g/mol. The number of nitrogens with one attached hydrogen (secondary N) is 1. The lowest BCUT2D eigenvalue weighted by molar-refractivity contribution is 0.602. The Hall–Kier alpha value is -2.59. The molecule has 1 N–H and O–H groups in total. The van der Waals surface area contributed by atoms with Crippen molar-refractivity contribution in [1.29, 1.82) is 5.26 Å². The number of para-hydroxylation sites is 2. The lowest BCUT2D eigenvalue weighted by Crippen LogP contribution is -2.16. The second-order valence-corrected chi connectivity index (χ2v) is 7.78. The molecule has 118 valence electrons. The predicted molar refractivity (Wildman–Crippen MR) is 90.4 cm³/mol. The van der Waals surface area contributed by atoms with Crippen LogP contribution in [0.25, 0.3) is 16.7 Å². The molecule has 0 radical (unpaired) electrons. The predicted octanol–water partition coefficient (Wildman–Crippen LogP) is 2.12. The highest BCUT2D eigenvalue weighted by atomic mass is 32.2. The van der Waals surface area contributed by atoms with Gasteiger partial charge in [-0.05, 0) is 30.7 Å². The molecule has 0 aliphatic rings. The lowest BCUT2D eigenvalue weighted by atomic mass is 10.1. The molecule has 0 fully saturated rings. The third-order valence-electron chi connectivity index (χ3n) is 3.66. The Morgan fingerprint density at radius 1 is 1.35 bits per heavy atom. The molecule has 2 aromatic heterocycles. The number of hydrogen-bond acceptors (Lipinski definition) is 5. The Bertz CT molecular complexity index is 1050. The van der Waals surface area contributed by atoms with Crippen LogP contribution in [0.4, 0.5) is 5.82 Å². The van der Waals surface area contributed by atoms with Gasteiger partial charge in [0.1, 0.15) is 21.7 Å². The molecule has 0 unspecified atom stereocenters. The molecule has 23 heavy (non-hydrogen) atoms.